The van der Waals surface area contributed by atoms with E-state index >= 15 is 0 Å². The number of nitrogens with zero attached hydrogens (tertiary/aromatic N) is 4. The monoisotopic (exact) mass is 273 g/mol. The molecule has 0 bridgehead atoms. The zero-order valence-corrected chi connectivity index (χ0v) is 12.5. The van der Waals surface area contributed by atoms with Crippen molar-refractivity contribution in [1.82, 2.24) is 25.1 Å². The molecule has 0 unspecified atom stereocenters. The summed E-state index contributed by atoms with van der Waals surface area (Å²) in [6, 6.07) is 2.58. The minimum Gasteiger partial charge on any atom is -0.305 e. The molecule has 0 aliphatic heterocycles. The number of hydrogen-bond donors (Lipinski definition) is 1. The summed E-state index contributed by atoms with van der Waals surface area (Å²) in [4.78, 5) is 8.55. The number of nitrogens with one attached hydrogen (secondary N) is 1. The van der Waals surface area contributed by atoms with Crippen molar-refractivity contribution in [1.29, 1.82) is 0 Å². The molecule has 0 saturated carbocycles. The number of rotatable bonds is 7. The van der Waals surface area contributed by atoms with Gasteiger partial charge in [0.25, 0.3) is 0 Å². The van der Waals surface area contributed by atoms with E-state index in [1.165, 1.54) is 0 Å². The standard InChI is InChI=1S/C15H23N5/c1-4-15(5-2)20-7-6-13(19-20)9-16-10-14-11-17-12(3)8-18-14/h6-8,11,15-16H,4-5,9-10H2,1-3H3. The third-order valence-corrected chi connectivity index (χ3v) is 3.43. The summed E-state index contributed by atoms with van der Waals surface area (Å²) in [6.45, 7) is 7.80. The molecule has 0 aliphatic carbocycles. The van der Waals surface area contributed by atoms with Crippen LogP contribution in [0.3, 0.4) is 0 Å². The van der Waals surface area contributed by atoms with Gasteiger partial charge in [-0.05, 0) is 25.8 Å². The maximum Gasteiger partial charge on any atom is 0.0762 e. The van der Waals surface area contributed by atoms with E-state index < -0.39 is 0 Å². The first-order valence-corrected chi connectivity index (χ1v) is 7.25. The molecule has 2 aromatic rings. The van der Waals surface area contributed by atoms with Gasteiger partial charge in [-0.25, -0.2) is 0 Å². The second-order valence-electron chi connectivity index (χ2n) is 5.01. The summed E-state index contributed by atoms with van der Waals surface area (Å²) in [7, 11) is 0. The van der Waals surface area contributed by atoms with Crippen LogP contribution in [0.15, 0.2) is 24.7 Å². The molecule has 2 aromatic heterocycles. The van der Waals surface area contributed by atoms with Crippen LogP contribution in [0.2, 0.25) is 0 Å². The Bertz CT molecular complexity index is 513. The number of aromatic nitrogens is 4. The molecule has 0 spiro atoms. The van der Waals surface area contributed by atoms with Crippen LogP contribution in [0.4, 0.5) is 0 Å². The Labute approximate surface area is 120 Å². The summed E-state index contributed by atoms with van der Waals surface area (Å²) in [6.07, 6.45) is 7.90. The Morgan fingerprint density at radius 1 is 1.10 bits per heavy atom. The lowest BCUT2D eigenvalue weighted by molar-refractivity contribution is 0.424. The highest BCUT2D eigenvalue weighted by atomic mass is 15.3. The molecule has 0 fully saturated rings. The van der Waals surface area contributed by atoms with Crippen LogP contribution < -0.4 is 5.32 Å². The summed E-state index contributed by atoms with van der Waals surface area (Å²) < 4.78 is 2.07. The molecule has 5 nitrogen and oxygen atoms in total. The molecule has 1 N–H and O–H groups in total. The predicted molar refractivity (Wildman–Crippen MR) is 79.2 cm³/mol. The quantitative estimate of drug-likeness (QED) is 0.842. The third kappa shape index (κ3) is 3.87. The van der Waals surface area contributed by atoms with Crippen molar-refractivity contribution in [2.24, 2.45) is 0 Å². The van der Waals surface area contributed by atoms with E-state index in [9.17, 15) is 0 Å². The van der Waals surface area contributed by atoms with E-state index in [-0.39, 0.29) is 0 Å². The Kier molecular flexibility index (Phi) is 5.24. The van der Waals surface area contributed by atoms with Crippen LogP contribution >= 0.6 is 0 Å². The number of aryl methyl sites for hydroxylation is 1. The summed E-state index contributed by atoms with van der Waals surface area (Å²) in [5.74, 6) is 0. The Morgan fingerprint density at radius 3 is 2.50 bits per heavy atom. The largest absolute Gasteiger partial charge is 0.305 e. The third-order valence-electron chi connectivity index (χ3n) is 3.43. The van der Waals surface area contributed by atoms with E-state index in [0.29, 0.717) is 12.6 Å². The van der Waals surface area contributed by atoms with Gasteiger partial charge in [0.1, 0.15) is 0 Å². The molecule has 0 radical (unpaired) electrons. The van der Waals surface area contributed by atoms with Gasteiger partial charge in [0.05, 0.1) is 23.1 Å². The SMILES string of the molecule is CCC(CC)n1ccc(CNCc2cnc(C)cn2)n1. The van der Waals surface area contributed by atoms with Crippen LogP contribution in [0.5, 0.6) is 0 Å². The first-order valence-electron chi connectivity index (χ1n) is 7.25. The molecular weight excluding hydrogens is 250 g/mol. The van der Waals surface area contributed by atoms with Crippen molar-refractivity contribution in [2.45, 2.75) is 52.7 Å². The lowest BCUT2D eigenvalue weighted by Gasteiger charge is -2.12. The Hall–Kier alpha value is -1.75. The molecule has 5 heteroatoms. The van der Waals surface area contributed by atoms with Crippen LogP contribution in [-0.2, 0) is 13.1 Å². The fourth-order valence-electron chi connectivity index (χ4n) is 2.17. The fraction of sp³-hybridized carbons (Fsp3) is 0.533. The molecular formula is C15H23N5. The summed E-state index contributed by atoms with van der Waals surface area (Å²) in [5.41, 5.74) is 2.96. The van der Waals surface area contributed by atoms with Crippen molar-refractivity contribution >= 4 is 0 Å². The number of hydrogen-bond acceptors (Lipinski definition) is 4. The molecule has 2 rings (SSSR count). The second kappa shape index (κ2) is 7.14. The van der Waals surface area contributed by atoms with Crippen LogP contribution in [0, 0.1) is 6.92 Å². The van der Waals surface area contributed by atoms with Gasteiger partial charge in [-0.15, -0.1) is 0 Å². The summed E-state index contributed by atoms with van der Waals surface area (Å²) >= 11 is 0. The zero-order chi connectivity index (χ0) is 14.4. The fourth-order valence-corrected chi connectivity index (χ4v) is 2.17. The molecule has 0 amide bonds. The predicted octanol–water partition coefficient (Wildman–Crippen LogP) is 2.63. The van der Waals surface area contributed by atoms with Crippen LogP contribution in [-0.4, -0.2) is 19.7 Å². The van der Waals surface area contributed by atoms with E-state index in [4.69, 9.17) is 0 Å². The van der Waals surface area contributed by atoms with E-state index in [1.807, 2.05) is 13.1 Å². The Balaban J connectivity index is 1.84. The zero-order valence-electron chi connectivity index (χ0n) is 12.5. The van der Waals surface area contributed by atoms with Crippen molar-refractivity contribution in [3.63, 3.8) is 0 Å². The van der Waals surface area contributed by atoms with Gasteiger partial charge >= 0.3 is 0 Å². The second-order valence-corrected chi connectivity index (χ2v) is 5.01. The first kappa shape index (κ1) is 14.7. The highest BCUT2D eigenvalue weighted by Gasteiger charge is 2.07. The van der Waals surface area contributed by atoms with Gasteiger partial charge in [-0.2, -0.15) is 5.10 Å². The average molecular weight is 273 g/mol. The van der Waals surface area contributed by atoms with Crippen molar-refractivity contribution in [3.8, 4) is 0 Å². The maximum atomic E-state index is 4.62. The van der Waals surface area contributed by atoms with E-state index in [0.717, 1.165) is 36.5 Å². The molecule has 20 heavy (non-hydrogen) atoms. The van der Waals surface area contributed by atoms with E-state index in [1.54, 1.807) is 6.20 Å². The normalized spacial score (nSPS) is 11.2. The van der Waals surface area contributed by atoms with Gasteiger partial charge in [-0.3, -0.25) is 14.6 Å². The van der Waals surface area contributed by atoms with E-state index in [2.05, 4.69) is 51.2 Å². The molecule has 108 valence electrons. The molecule has 0 atom stereocenters. The summed E-state index contributed by atoms with van der Waals surface area (Å²) in [5, 5.41) is 7.96. The smallest absolute Gasteiger partial charge is 0.0762 e. The Morgan fingerprint density at radius 2 is 1.85 bits per heavy atom. The average Bonchev–Trinajstić information content (AvgIpc) is 2.91. The topological polar surface area (TPSA) is 55.6 Å². The highest BCUT2D eigenvalue weighted by Crippen LogP contribution is 2.14. The van der Waals surface area contributed by atoms with Gasteiger partial charge in [0.2, 0.25) is 0 Å². The van der Waals surface area contributed by atoms with Crippen molar-refractivity contribution in [2.75, 3.05) is 0 Å². The maximum absolute atomic E-state index is 4.62. The van der Waals surface area contributed by atoms with Crippen LogP contribution in [0.25, 0.3) is 0 Å². The van der Waals surface area contributed by atoms with Gasteiger partial charge in [0, 0.05) is 31.7 Å². The molecule has 0 aromatic carbocycles. The van der Waals surface area contributed by atoms with Crippen molar-refractivity contribution in [3.05, 3.63) is 41.7 Å². The van der Waals surface area contributed by atoms with Gasteiger partial charge in [-0.1, -0.05) is 13.8 Å². The molecule has 0 saturated heterocycles. The first-order chi connectivity index (χ1) is 9.72. The minimum absolute atomic E-state index is 0.506. The van der Waals surface area contributed by atoms with Gasteiger partial charge in [0.15, 0.2) is 0 Å². The van der Waals surface area contributed by atoms with Crippen molar-refractivity contribution < 1.29 is 0 Å². The lowest BCUT2D eigenvalue weighted by atomic mass is 10.2. The molecule has 2 heterocycles. The highest BCUT2D eigenvalue weighted by molar-refractivity contribution is 5.02. The van der Waals surface area contributed by atoms with Gasteiger partial charge < -0.3 is 5.32 Å². The minimum atomic E-state index is 0.506. The van der Waals surface area contributed by atoms with Crippen LogP contribution in [0.1, 0.15) is 49.8 Å². The molecule has 0 aliphatic rings. The lowest BCUT2D eigenvalue weighted by Crippen LogP contribution is -2.15.